The fraction of sp³-hybridized carbons (Fsp3) is 0. The Bertz CT molecular complexity index is 606. The van der Waals surface area contributed by atoms with E-state index < -0.39 is 34.9 Å². The van der Waals surface area contributed by atoms with Crippen LogP contribution < -0.4 is 5.32 Å². The van der Waals surface area contributed by atoms with Crippen molar-refractivity contribution in [2.24, 2.45) is 0 Å². The van der Waals surface area contributed by atoms with Crippen LogP contribution in [0, 0.1) is 23.3 Å². The lowest BCUT2D eigenvalue weighted by Crippen LogP contribution is -2.06. The summed E-state index contributed by atoms with van der Waals surface area (Å²) in [6.45, 7) is 0. The molecule has 0 fully saturated rings. The van der Waals surface area contributed by atoms with E-state index in [4.69, 9.17) is 23.2 Å². The second-order valence-corrected chi connectivity index (χ2v) is 3.84. The van der Waals surface area contributed by atoms with E-state index in [1.807, 2.05) is 5.32 Å². The van der Waals surface area contributed by atoms with Gasteiger partial charge in [0.2, 0.25) is 16.5 Å². The molecule has 0 saturated heterocycles. The Kier molecular flexibility index (Phi) is 3.72. The second kappa shape index (κ2) is 5.14. The number of nitrogens with one attached hydrogen (secondary N) is 1. The molecule has 0 atom stereocenters. The van der Waals surface area contributed by atoms with E-state index in [0.717, 1.165) is 0 Å². The van der Waals surface area contributed by atoms with Crippen LogP contribution in [0.4, 0.5) is 29.2 Å². The minimum absolute atomic E-state index is 0.0726. The van der Waals surface area contributed by atoms with Gasteiger partial charge in [-0.2, -0.15) is 15.0 Å². The van der Waals surface area contributed by atoms with Crippen molar-refractivity contribution in [1.82, 2.24) is 15.0 Å². The molecule has 1 heterocycles. The molecule has 19 heavy (non-hydrogen) atoms. The molecule has 0 bridgehead atoms. The molecule has 0 aliphatic heterocycles. The molecular formula is C9H2Cl2F4N4. The van der Waals surface area contributed by atoms with Crippen molar-refractivity contribution in [2.75, 3.05) is 5.32 Å². The molecule has 2 aromatic rings. The third kappa shape index (κ3) is 2.85. The largest absolute Gasteiger partial charge is 0.319 e. The van der Waals surface area contributed by atoms with Gasteiger partial charge in [-0.05, 0) is 23.2 Å². The maximum atomic E-state index is 13.3. The molecular weight excluding hydrogens is 311 g/mol. The van der Waals surface area contributed by atoms with E-state index in [2.05, 4.69) is 15.0 Å². The van der Waals surface area contributed by atoms with Gasteiger partial charge in [0.05, 0.1) is 0 Å². The van der Waals surface area contributed by atoms with Crippen LogP contribution in [0.3, 0.4) is 0 Å². The average Bonchev–Trinajstić information content (AvgIpc) is 2.31. The lowest BCUT2D eigenvalue weighted by atomic mass is 10.2. The van der Waals surface area contributed by atoms with Crippen molar-refractivity contribution in [3.63, 3.8) is 0 Å². The molecule has 0 unspecified atom stereocenters. The Morgan fingerprint density at radius 1 is 0.842 bits per heavy atom. The third-order valence-electron chi connectivity index (χ3n) is 1.93. The summed E-state index contributed by atoms with van der Waals surface area (Å²) in [6.07, 6.45) is 0. The van der Waals surface area contributed by atoms with Gasteiger partial charge in [-0.3, -0.25) is 0 Å². The van der Waals surface area contributed by atoms with Crippen molar-refractivity contribution in [2.45, 2.75) is 0 Å². The van der Waals surface area contributed by atoms with E-state index in [1.54, 1.807) is 0 Å². The molecule has 1 N–H and O–H groups in total. The topological polar surface area (TPSA) is 50.7 Å². The van der Waals surface area contributed by atoms with Crippen molar-refractivity contribution in [3.8, 4) is 0 Å². The minimum atomic E-state index is -1.63. The predicted octanol–water partition coefficient (Wildman–Crippen LogP) is 3.48. The standard InChI is InChI=1S/C9H2Cl2F4N4/c10-7-17-8(11)19-9(18-7)16-6-4(14)2(12)1-3(13)5(6)15/h1H,(H,16,17,18,19). The van der Waals surface area contributed by atoms with Gasteiger partial charge in [0.25, 0.3) is 0 Å². The van der Waals surface area contributed by atoms with Crippen LogP contribution in [-0.2, 0) is 0 Å². The Labute approximate surface area is 113 Å². The van der Waals surface area contributed by atoms with E-state index in [9.17, 15) is 17.6 Å². The summed E-state index contributed by atoms with van der Waals surface area (Å²) in [6, 6.07) is 0.0726. The first-order chi connectivity index (χ1) is 8.88. The van der Waals surface area contributed by atoms with Gasteiger partial charge in [0, 0.05) is 6.07 Å². The number of nitrogens with zero attached hydrogens (tertiary/aromatic N) is 3. The molecule has 0 radical (unpaired) electrons. The van der Waals surface area contributed by atoms with Gasteiger partial charge in [-0.25, -0.2) is 17.6 Å². The van der Waals surface area contributed by atoms with Crippen molar-refractivity contribution in [1.29, 1.82) is 0 Å². The number of aromatic nitrogens is 3. The van der Waals surface area contributed by atoms with Gasteiger partial charge < -0.3 is 5.32 Å². The predicted molar refractivity (Wildman–Crippen MR) is 59.4 cm³/mol. The van der Waals surface area contributed by atoms with Crippen LogP contribution in [0.25, 0.3) is 0 Å². The van der Waals surface area contributed by atoms with Gasteiger partial charge in [-0.1, -0.05) is 0 Å². The molecule has 0 amide bonds. The molecule has 1 aromatic carbocycles. The van der Waals surface area contributed by atoms with Crippen molar-refractivity contribution >= 4 is 34.8 Å². The van der Waals surface area contributed by atoms with E-state index in [0.29, 0.717) is 0 Å². The van der Waals surface area contributed by atoms with Crippen molar-refractivity contribution < 1.29 is 17.6 Å². The van der Waals surface area contributed by atoms with Gasteiger partial charge in [0.15, 0.2) is 23.3 Å². The Morgan fingerprint density at radius 2 is 1.32 bits per heavy atom. The van der Waals surface area contributed by atoms with Crippen LogP contribution in [0.5, 0.6) is 0 Å². The van der Waals surface area contributed by atoms with Crippen LogP contribution >= 0.6 is 23.2 Å². The number of halogens is 6. The number of benzene rings is 1. The van der Waals surface area contributed by atoms with Gasteiger partial charge in [-0.15, -0.1) is 0 Å². The molecule has 0 aliphatic carbocycles. The summed E-state index contributed by atoms with van der Waals surface area (Å²) < 4.78 is 52.6. The zero-order valence-corrected chi connectivity index (χ0v) is 10.2. The van der Waals surface area contributed by atoms with Crippen molar-refractivity contribution in [3.05, 3.63) is 39.9 Å². The molecule has 0 spiro atoms. The fourth-order valence-electron chi connectivity index (χ4n) is 1.18. The number of anilines is 2. The first-order valence-electron chi connectivity index (χ1n) is 4.55. The van der Waals surface area contributed by atoms with E-state index in [-0.39, 0.29) is 16.6 Å². The van der Waals surface area contributed by atoms with Gasteiger partial charge >= 0.3 is 0 Å². The number of hydrogen-bond acceptors (Lipinski definition) is 4. The molecule has 100 valence electrons. The fourth-order valence-corrected chi connectivity index (χ4v) is 1.54. The summed E-state index contributed by atoms with van der Waals surface area (Å²) in [4.78, 5) is 10.3. The summed E-state index contributed by atoms with van der Waals surface area (Å²) in [5.74, 6) is -6.88. The maximum absolute atomic E-state index is 13.3. The Morgan fingerprint density at radius 3 is 1.79 bits per heavy atom. The summed E-state index contributed by atoms with van der Waals surface area (Å²) in [5, 5.41) is 1.22. The average molecular weight is 313 g/mol. The monoisotopic (exact) mass is 312 g/mol. The maximum Gasteiger partial charge on any atom is 0.232 e. The van der Waals surface area contributed by atoms with Crippen LogP contribution in [0.1, 0.15) is 0 Å². The quantitative estimate of drug-likeness (QED) is 0.681. The first kappa shape index (κ1) is 13.8. The highest BCUT2D eigenvalue weighted by molar-refractivity contribution is 6.31. The van der Waals surface area contributed by atoms with E-state index in [1.165, 1.54) is 0 Å². The molecule has 0 saturated carbocycles. The molecule has 2 rings (SSSR count). The molecule has 4 nitrogen and oxygen atoms in total. The Hall–Kier alpha value is -1.67. The van der Waals surface area contributed by atoms with Crippen LogP contribution in [0.15, 0.2) is 6.07 Å². The lowest BCUT2D eigenvalue weighted by molar-refractivity contribution is 0.459. The zero-order valence-electron chi connectivity index (χ0n) is 8.69. The normalized spacial score (nSPS) is 10.6. The minimum Gasteiger partial charge on any atom is -0.319 e. The smallest absolute Gasteiger partial charge is 0.232 e. The van der Waals surface area contributed by atoms with E-state index >= 15 is 0 Å². The van der Waals surface area contributed by atoms with Gasteiger partial charge in [0.1, 0.15) is 5.69 Å². The molecule has 1 aromatic heterocycles. The lowest BCUT2D eigenvalue weighted by Gasteiger charge is -2.08. The summed E-state index contributed by atoms with van der Waals surface area (Å²) in [7, 11) is 0. The highest BCUT2D eigenvalue weighted by Gasteiger charge is 2.20. The summed E-state index contributed by atoms with van der Waals surface area (Å²) >= 11 is 10.9. The summed E-state index contributed by atoms with van der Waals surface area (Å²) in [5.41, 5.74) is -1.10. The SMILES string of the molecule is Fc1cc(F)c(F)c(Nc2nc(Cl)nc(Cl)n2)c1F. The first-order valence-corrected chi connectivity index (χ1v) is 5.31. The highest BCUT2D eigenvalue weighted by Crippen LogP contribution is 2.26. The highest BCUT2D eigenvalue weighted by atomic mass is 35.5. The van der Waals surface area contributed by atoms with Crippen LogP contribution in [0.2, 0.25) is 10.6 Å². The van der Waals surface area contributed by atoms with Crippen LogP contribution in [-0.4, -0.2) is 15.0 Å². The number of rotatable bonds is 2. The Balaban J connectivity index is 2.49. The molecule has 0 aliphatic rings. The second-order valence-electron chi connectivity index (χ2n) is 3.17. The number of hydrogen-bond donors (Lipinski definition) is 1. The zero-order chi connectivity index (χ0) is 14.2. The third-order valence-corrected chi connectivity index (χ3v) is 2.27. The molecule has 10 heteroatoms.